The first-order chi connectivity index (χ1) is 31.7. The lowest BCUT2D eigenvalue weighted by atomic mass is 9.90. The van der Waals surface area contributed by atoms with Gasteiger partial charge in [-0.05, 0) is 115 Å². The summed E-state index contributed by atoms with van der Waals surface area (Å²) in [7, 11) is 1.32. The zero-order chi connectivity index (χ0) is 44.3. The fourth-order valence-electron chi connectivity index (χ4n) is 11.3. The maximum Gasteiger partial charge on any atom is 0.407 e. The minimum Gasteiger partial charge on any atom is -0.465 e. The molecule has 2 aromatic heterocycles. The molecular formula is C49H54N8O8. The van der Waals surface area contributed by atoms with Crippen LogP contribution in [-0.4, -0.2) is 117 Å². The number of aromatic nitrogens is 4. The first-order valence-electron chi connectivity index (χ1n) is 23.1. The quantitative estimate of drug-likeness (QED) is 0.0936. The predicted octanol–water partition coefficient (Wildman–Crippen LogP) is 6.82. The molecule has 0 radical (unpaired) electrons. The summed E-state index contributed by atoms with van der Waals surface area (Å²) < 4.78 is 16.0. The van der Waals surface area contributed by atoms with Gasteiger partial charge in [-0.2, -0.15) is 0 Å². The van der Waals surface area contributed by atoms with Crippen molar-refractivity contribution < 1.29 is 38.5 Å². The third-order valence-electron chi connectivity index (χ3n) is 15.0. The molecule has 0 spiro atoms. The number of rotatable bonds is 11. The fourth-order valence-corrected chi connectivity index (χ4v) is 11.3. The summed E-state index contributed by atoms with van der Waals surface area (Å²) in [5, 5.41) is 17.2. The third-order valence-corrected chi connectivity index (χ3v) is 15.0. The Morgan fingerprint density at radius 2 is 1.11 bits per heavy atom. The molecule has 4 aliphatic heterocycles. The Balaban J connectivity index is 0.769. The van der Waals surface area contributed by atoms with E-state index in [1.807, 2.05) is 22.2 Å². The number of ether oxygens (including phenoxy) is 3. The highest BCUT2D eigenvalue weighted by Gasteiger charge is 2.58. The highest BCUT2D eigenvalue weighted by Crippen LogP contribution is 2.55. The van der Waals surface area contributed by atoms with E-state index in [9.17, 15) is 24.3 Å². The zero-order valence-corrected chi connectivity index (χ0v) is 36.3. The molecule has 0 bridgehead atoms. The van der Waals surface area contributed by atoms with Gasteiger partial charge in [-0.3, -0.25) is 9.59 Å². The van der Waals surface area contributed by atoms with E-state index >= 15 is 0 Å². The van der Waals surface area contributed by atoms with Gasteiger partial charge in [0.1, 0.15) is 23.7 Å². The molecule has 65 heavy (non-hydrogen) atoms. The van der Waals surface area contributed by atoms with Gasteiger partial charge in [-0.15, -0.1) is 0 Å². The first-order valence-corrected chi connectivity index (χ1v) is 23.1. The van der Waals surface area contributed by atoms with E-state index in [1.54, 1.807) is 0 Å². The fraction of sp³-hybridized carbons (Fsp3) is 0.469. The maximum atomic E-state index is 14.3. The van der Waals surface area contributed by atoms with Gasteiger partial charge in [0.2, 0.25) is 11.8 Å². The number of nitrogens with one attached hydrogen (secondary N) is 4. The SMILES string of the molecule is COC(=O)N[C@H](C(=O)N1[C@@H]2C[C@@H]2C[C@H]1c1ncc(-c2ccc3cc(-c4ccc(-c5cnc([C@@H]6C[C@H]7C[C@H]7N6C(=O)[C@@H](NC(=O)O)C6CCOCC6)[nH]5)cc4)ccc3c2)[nH]1)C1CCOCC1. The molecule has 4 amide bonds. The Labute approximate surface area is 375 Å². The molecule has 6 aliphatic rings. The number of hydrogen-bond acceptors (Lipinski definition) is 9. The van der Waals surface area contributed by atoms with E-state index in [-0.39, 0.29) is 47.8 Å². The molecular weight excluding hydrogens is 829 g/mol. The van der Waals surface area contributed by atoms with Crippen LogP contribution in [0.5, 0.6) is 0 Å². The van der Waals surface area contributed by atoms with Crippen LogP contribution >= 0.6 is 0 Å². The van der Waals surface area contributed by atoms with E-state index in [0.717, 1.165) is 81.7 Å². The second-order valence-electron chi connectivity index (χ2n) is 18.8. The van der Waals surface area contributed by atoms with Gasteiger partial charge in [-0.1, -0.05) is 48.5 Å². The molecule has 4 saturated heterocycles. The Bertz CT molecular complexity index is 2620. The van der Waals surface area contributed by atoms with Crippen molar-refractivity contribution in [2.24, 2.45) is 23.7 Å². The number of imidazole rings is 2. The lowest BCUT2D eigenvalue weighted by molar-refractivity contribution is -0.138. The lowest BCUT2D eigenvalue weighted by Crippen LogP contribution is -2.54. The van der Waals surface area contributed by atoms with E-state index in [2.05, 4.69) is 81.3 Å². The molecule has 5 N–H and O–H groups in total. The molecule has 3 aromatic carbocycles. The number of benzene rings is 3. The average Bonchev–Trinajstić information content (AvgIpc) is 3.92. The highest BCUT2D eigenvalue weighted by molar-refractivity contribution is 5.91. The smallest absolute Gasteiger partial charge is 0.407 e. The van der Waals surface area contributed by atoms with Crippen molar-refractivity contribution in [2.75, 3.05) is 33.5 Å². The van der Waals surface area contributed by atoms with Crippen LogP contribution in [0.4, 0.5) is 9.59 Å². The maximum absolute atomic E-state index is 14.3. The van der Waals surface area contributed by atoms with Crippen molar-refractivity contribution in [3.63, 3.8) is 0 Å². The molecule has 2 aliphatic carbocycles. The van der Waals surface area contributed by atoms with Crippen molar-refractivity contribution in [1.29, 1.82) is 0 Å². The van der Waals surface area contributed by atoms with Crippen LogP contribution in [0.3, 0.4) is 0 Å². The molecule has 16 nitrogen and oxygen atoms in total. The summed E-state index contributed by atoms with van der Waals surface area (Å²) in [4.78, 5) is 73.0. The van der Waals surface area contributed by atoms with Gasteiger partial charge in [-0.25, -0.2) is 19.6 Å². The number of carbonyl (C=O) groups is 4. The van der Waals surface area contributed by atoms with Crippen LogP contribution in [0, 0.1) is 23.7 Å². The predicted molar refractivity (Wildman–Crippen MR) is 238 cm³/mol. The molecule has 2 saturated carbocycles. The van der Waals surface area contributed by atoms with Gasteiger partial charge < -0.3 is 49.7 Å². The number of hydrogen-bond donors (Lipinski definition) is 5. The minimum absolute atomic E-state index is 0.0245. The number of H-pyrrole nitrogens is 2. The molecule has 6 fully saturated rings. The van der Waals surface area contributed by atoms with E-state index in [0.29, 0.717) is 63.9 Å². The number of carboxylic acid groups (broad SMARTS) is 1. The first kappa shape index (κ1) is 41.4. The molecule has 16 heteroatoms. The van der Waals surface area contributed by atoms with Crippen LogP contribution in [0.2, 0.25) is 0 Å². The van der Waals surface area contributed by atoms with Crippen molar-refractivity contribution in [1.82, 2.24) is 40.4 Å². The second kappa shape index (κ2) is 16.9. The third kappa shape index (κ3) is 8.00. The van der Waals surface area contributed by atoms with Crippen LogP contribution in [0.1, 0.15) is 75.1 Å². The van der Waals surface area contributed by atoms with Crippen molar-refractivity contribution in [3.8, 4) is 33.6 Å². The van der Waals surface area contributed by atoms with Crippen LogP contribution in [0.25, 0.3) is 44.4 Å². The summed E-state index contributed by atoms with van der Waals surface area (Å²) in [6, 6.07) is 19.5. The number of methoxy groups -OCH3 is 1. The standard InChI is InChI=1S/C49H54N8O8/c1-63-49(62)55-43(29-12-16-65-17-13-29)47(59)57-39-21-35(39)23-41(57)45-51-25-37(53-45)33-9-8-31-18-30(6-7-32(31)19-33)26-2-4-27(5-3-26)36-24-50-44(52-36)40-22-34-20-38(34)56(40)46(58)42(54-48(60)61)28-10-14-64-15-11-28/h2-9,18-19,24-25,28-29,34-35,38-43,54H,10-17,20-23H2,1H3,(H,50,52)(H,51,53)(H,55,62)(H,60,61)/t34-,35-,38-,39-,40+,41+,42+,43+/m1/s1. The summed E-state index contributed by atoms with van der Waals surface area (Å²) >= 11 is 0. The summed E-state index contributed by atoms with van der Waals surface area (Å²) in [5.41, 5.74) is 5.87. The van der Waals surface area contributed by atoms with E-state index < -0.39 is 24.3 Å². The number of amides is 4. The summed E-state index contributed by atoms with van der Waals surface area (Å²) in [6.45, 7) is 2.17. The average molecular weight is 883 g/mol. The van der Waals surface area contributed by atoms with Gasteiger partial charge in [0, 0.05) is 44.1 Å². The zero-order valence-electron chi connectivity index (χ0n) is 36.3. The van der Waals surface area contributed by atoms with Gasteiger partial charge in [0.25, 0.3) is 0 Å². The van der Waals surface area contributed by atoms with E-state index in [1.165, 1.54) is 7.11 Å². The summed E-state index contributed by atoms with van der Waals surface area (Å²) in [5.74, 6) is 1.95. The molecule has 0 unspecified atom stereocenters. The Morgan fingerprint density at radius 3 is 1.63 bits per heavy atom. The number of fused-ring (bicyclic) bond motifs is 3. The van der Waals surface area contributed by atoms with Gasteiger partial charge in [0.15, 0.2) is 0 Å². The Kier molecular flexibility index (Phi) is 10.8. The van der Waals surface area contributed by atoms with Gasteiger partial charge >= 0.3 is 12.2 Å². The largest absolute Gasteiger partial charge is 0.465 e. The van der Waals surface area contributed by atoms with Crippen molar-refractivity contribution in [2.45, 2.75) is 87.6 Å². The van der Waals surface area contributed by atoms with Crippen molar-refractivity contribution in [3.05, 3.63) is 84.7 Å². The van der Waals surface area contributed by atoms with Crippen LogP contribution < -0.4 is 10.6 Å². The second-order valence-corrected chi connectivity index (χ2v) is 18.8. The number of likely N-dealkylation sites (tertiary alicyclic amines) is 2. The number of alkyl carbamates (subject to hydrolysis) is 1. The molecule has 5 aromatic rings. The van der Waals surface area contributed by atoms with Crippen molar-refractivity contribution >= 4 is 34.8 Å². The Hall–Kier alpha value is -6.26. The Morgan fingerprint density at radius 1 is 0.646 bits per heavy atom. The molecule has 11 rings (SSSR count). The number of nitrogens with zero attached hydrogens (tertiary/aromatic N) is 4. The van der Waals surface area contributed by atoms with Gasteiger partial charge in [0.05, 0.1) is 43.0 Å². The lowest BCUT2D eigenvalue weighted by Gasteiger charge is -2.35. The number of carbonyl (C=O) groups excluding carboxylic acids is 3. The molecule has 8 atom stereocenters. The van der Waals surface area contributed by atoms with Crippen LogP contribution in [0.15, 0.2) is 73.1 Å². The highest BCUT2D eigenvalue weighted by atomic mass is 16.5. The molecule has 338 valence electrons. The van der Waals surface area contributed by atoms with E-state index in [4.69, 9.17) is 24.2 Å². The topological polar surface area (TPSA) is 204 Å². The minimum atomic E-state index is -1.19. The monoisotopic (exact) mass is 882 g/mol. The van der Waals surface area contributed by atoms with Crippen LogP contribution in [-0.2, 0) is 23.8 Å². The normalized spacial score (nSPS) is 26.0. The molecule has 6 heterocycles. The number of piperidine rings is 2. The number of aromatic amines is 2. The summed E-state index contributed by atoms with van der Waals surface area (Å²) in [6.07, 6.45) is 8.11.